The summed E-state index contributed by atoms with van der Waals surface area (Å²) in [5.41, 5.74) is 8.53. The highest BCUT2D eigenvalue weighted by atomic mass is 16.5. The van der Waals surface area contributed by atoms with E-state index in [4.69, 9.17) is 18.9 Å². The maximum absolute atomic E-state index is 13.1. The Labute approximate surface area is 800 Å². The first-order valence-corrected chi connectivity index (χ1v) is 44.6. The van der Waals surface area contributed by atoms with Gasteiger partial charge in [-0.05, 0) is 216 Å². The first-order chi connectivity index (χ1) is 67.5. The van der Waals surface area contributed by atoms with Gasteiger partial charge < -0.3 is 69.6 Å². The molecule has 16 amide bonds. The van der Waals surface area contributed by atoms with Crippen molar-refractivity contribution in [3.8, 4) is 81.6 Å². The van der Waals surface area contributed by atoms with Crippen molar-refractivity contribution in [2.75, 3.05) is 88.9 Å². The lowest BCUT2D eigenvalue weighted by molar-refractivity contribution is -0.123. The number of amides is 16. The highest BCUT2D eigenvalue weighted by Gasteiger charge is 2.53. The van der Waals surface area contributed by atoms with Crippen LogP contribution >= 0.6 is 0 Å². The standard InChI is InChI=1S/C27H20N6O4.C27H29N5O4.C25H24N6O4.C23H19N5O4/c1-37-19-4-3-18-14-33(24(34)21(18)13-19)15-27(25(35)29-26(36)30-27)9-6-16-2-5-20-22(12-16)31-32-23(20)17-7-10-28-11-8-17;1-31-11-8-18(9-12-31)13-21-5-3-19(15-28-21)7-10-27(25(34)29-26(35)30-27)17-32-16-20-4-6-22(36-2)14-23(20)24(32)33;1-30(2)13-21-18-7-4-15(10-20(18)28-29-21)8-9-25(23(33)26-24(34)27-25)14-31-12-16-5-6-17(35-3)11-19(16)22(31)32;1-13-17-6-3-14(9-19(17)27-26-13)7-8-23(21(30)24-22(31)25-23)12-28-11-15-4-5-16(32-2)10-18(15)20(28)29/h2-5,7-8,10-13H,14-15H2,1H3,(H,31,32)(H2,29,30,35,36);3-6,14-15,18H,8-9,11-13,16-17H2,1-2H3,(H2,29,30,34,35);4-7,10-11H,12-14H2,1-3H3,(H,28,29)(H2,26,27,33,34);3-6,9-10H,11-12H2,1-2H3,(H,26,27)(H2,24,25,30,31)/t2*27-;25-;23-/m1111/s1. The molecule has 0 saturated carbocycles. The molecule has 9 aliphatic heterocycles. The van der Waals surface area contributed by atoms with Gasteiger partial charge in [0.25, 0.3) is 47.3 Å². The van der Waals surface area contributed by atoms with Gasteiger partial charge in [0.1, 0.15) is 28.7 Å². The second-order valence-corrected chi connectivity index (χ2v) is 35.3. The number of nitrogens with one attached hydrogen (secondary N) is 11. The molecule has 9 aliphatic rings. The molecule has 4 atom stereocenters. The maximum Gasteiger partial charge on any atom is 0.323 e. The summed E-state index contributed by atoms with van der Waals surface area (Å²) in [6.07, 6.45) is 8.38. The first kappa shape index (κ1) is 92.7. The summed E-state index contributed by atoms with van der Waals surface area (Å²) in [6, 6.07) is 42.8. The molecule has 0 spiro atoms. The Balaban J connectivity index is 0.000000124. The molecule has 0 bridgehead atoms. The van der Waals surface area contributed by atoms with Crippen molar-refractivity contribution in [2.45, 2.75) is 81.1 Å². The Morgan fingerprint density at radius 1 is 0.414 bits per heavy atom. The molecule has 11 N–H and O–H groups in total. The highest BCUT2D eigenvalue weighted by Crippen LogP contribution is 2.36. The monoisotopic (exact) mass is 1880 g/mol. The number of piperidine rings is 1. The van der Waals surface area contributed by atoms with Gasteiger partial charge in [-0.15, -0.1) is 0 Å². The van der Waals surface area contributed by atoms with Crippen molar-refractivity contribution in [3.63, 3.8) is 0 Å². The number of aromatic nitrogens is 8. The van der Waals surface area contributed by atoms with Crippen LogP contribution in [0.5, 0.6) is 23.0 Å². The molecule has 12 aromatic rings. The molecule has 5 fully saturated rings. The number of rotatable bonds is 17. The van der Waals surface area contributed by atoms with E-state index in [1.807, 2.05) is 123 Å². The molecule has 38 heteroatoms. The topological polar surface area (TPSA) is 469 Å². The molecule has 5 saturated heterocycles. The van der Waals surface area contributed by atoms with Crippen molar-refractivity contribution >= 4 is 104 Å². The fourth-order valence-electron chi connectivity index (χ4n) is 18.0. The normalized spacial score (nSPS) is 19.7. The molecule has 0 radical (unpaired) electrons. The number of aromatic amines is 3. The Morgan fingerprint density at radius 3 is 1.16 bits per heavy atom. The van der Waals surface area contributed by atoms with Crippen LogP contribution in [0.15, 0.2) is 170 Å². The van der Waals surface area contributed by atoms with E-state index in [-0.39, 0.29) is 49.8 Å². The summed E-state index contributed by atoms with van der Waals surface area (Å²) in [6.45, 7) is 5.74. The quantitative estimate of drug-likeness (QED) is 0.0344. The van der Waals surface area contributed by atoms with E-state index >= 15 is 0 Å². The van der Waals surface area contributed by atoms with E-state index in [1.54, 1.807) is 73.2 Å². The second kappa shape index (κ2) is 38.2. The zero-order chi connectivity index (χ0) is 98.1. The van der Waals surface area contributed by atoms with Gasteiger partial charge in [-0.25, -0.2) is 19.2 Å². The summed E-state index contributed by atoms with van der Waals surface area (Å²) in [5, 5.41) is 44.4. The van der Waals surface area contributed by atoms with E-state index in [2.05, 4.69) is 142 Å². The lowest BCUT2D eigenvalue weighted by Crippen LogP contribution is -2.54. The SMILES string of the molecule is COc1ccc2c(c1)C(=O)N(C[C@@]1(C#Cc3ccc(CC4CCN(C)CC4)nc3)NC(=O)NC1=O)C2.COc1ccc2c(c1)C(=O)N(C[C@@]1(C#Cc3ccc4c(-c5ccncc5)n[nH]c4c3)NC(=O)NC1=O)C2.COc1ccc2c(c1)C(=O)N(C[C@@]1(C#Cc3ccc4c(C)[nH]nc4c3)NC(=O)NC1=O)C2.COc1ccc2c(c1)C(=O)N(C[C@@]1(C#Cc3ccc4c(CN(C)C)[nH]nc4c3)NC(=O)NC1=O)C2. The molecule has 7 aromatic carbocycles. The number of carbonyl (C=O) groups is 12. The number of pyridine rings is 2. The molecule has 5 aromatic heterocycles. The van der Waals surface area contributed by atoms with Crippen molar-refractivity contribution in [1.29, 1.82) is 0 Å². The van der Waals surface area contributed by atoms with E-state index in [0.717, 1.165) is 109 Å². The molecule has 140 heavy (non-hydrogen) atoms. The van der Waals surface area contributed by atoms with Crippen LogP contribution in [0, 0.1) is 60.2 Å². The van der Waals surface area contributed by atoms with Gasteiger partial charge in [0, 0.05) is 129 Å². The van der Waals surface area contributed by atoms with Crippen LogP contribution in [0.1, 0.15) is 116 Å². The molecule has 0 unspecified atom stereocenters. The van der Waals surface area contributed by atoms with Crippen molar-refractivity contribution in [3.05, 3.63) is 254 Å². The Kier molecular flexibility index (Phi) is 25.3. The molecular weight excluding hydrogens is 1790 g/mol. The lowest BCUT2D eigenvalue weighted by Gasteiger charge is -2.28. The van der Waals surface area contributed by atoms with Gasteiger partial charge in [-0.2, -0.15) is 15.3 Å². The summed E-state index contributed by atoms with van der Waals surface area (Å²) < 4.78 is 20.9. The fraction of sp³-hybridized carbons (Fsp3) is 0.265. The van der Waals surface area contributed by atoms with Gasteiger partial charge in [-0.3, -0.25) is 84.9 Å². The number of likely N-dealkylation sites (tertiary alicyclic amines) is 1. The van der Waals surface area contributed by atoms with E-state index in [1.165, 1.54) is 60.9 Å². The molecule has 38 nitrogen and oxygen atoms in total. The number of benzene rings is 7. The number of H-pyrrole nitrogens is 3. The van der Waals surface area contributed by atoms with E-state index in [0.29, 0.717) is 99.6 Å². The minimum absolute atomic E-state index is 0.0744. The Morgan fingerprint density at radius 2 is 0.786 bits per heavy atom. The van der Waals surface area contributed by atoms with Crippen LogP contribution in [-0.2, 0) is 58.3 Å². The molecule has 0 aliphatic carbocycles. The highest BCUT2D eigenvalue weighted by molar-refractivity contribution is 6.13. The van der Waals surface area contributed by atoms with Gasteiger partial charge in [-0.1, -0.05) is 71.6 Å². The van der Waals surface area contributed by atoms with Gasteiger partial charge >= 0.3 is 24.1 Å². The minimum atomic E-state index is -1.59. The summed E-state index contributed by atoms with van der Waals surface area (Å²) in [7, 11) is 12.2. The number of hydrogen-bond acceptors (Lipinski definition) is 23. The van der Waals surface area contributed by atoms with Crippen LogP contribution in [0.4, 0.5) is 19.2 Å². The van der Waals surface area contributed by atoms with Crippen LogP contribution in [-0.4, -0.2) is 252 Å². The van der Waals surface area contributed by atoms with Crippen LogP contribution in [0.25, 0.3) is 44.0 Å². The largest absolute Gasteiger partial charge is 0.497 e. The maximum atomic E-state index is 13.1. The lowest BCUT2D eigenvalue weighted by atomic mass is 9.92. The predicted octanol–water partition coefficient (Wildman–Crippen LogP) is 6.46. The average Bonchev–Trinajstić information content (AvgIpc) is 1.63. The number of nitrogens with zero attached hydrogens (tertiary/aromatic N) is 11. The van der Waals surface area contributed by atoms with Gasteiger partial charge in [0.05, 0.1) is 76.9 Å². The number of imide groups is 4. The number of ether oxygens (including phenoxy) is 4. The van der Waals surface area contributed by atoms with E-state index < -0.39 is 69.9 Å². The number of urea groups is 4. The van der Waals surface area contributed by atoms with Crippen LogP contribution in [0.3, 0.4) is 0 Å². The number of fused-ring (bicyclic) bond motifs is 7. The van der Waals surface area contributed by atoms with Crippen LogP contribution in [0.2, 0.25) is 0 Å². The number of carbonyl (C=O) groups excluding carboxylic acids is 12. The number of methoxy groups -OCH3 is 4. The molecular formula is C102H92N22O16. The van der Waals surface area contributed by atoms with E-state index in [9.17, 15) is 57.5 Å². The first-order valence-electron chi connectivity index (χ1n) is 44.6. The number of hydrogen-bond donors (Lipinski definition) is 11. The molecule has 706 valence electrons. The third-order valence-corrected chi connectivity index (χ3v) is 25.5. The average molecular weight is 1880 g/mol. The zero-order valence-electron chi connectivity index (χ0n) is 77.1. The Bertz CT molecular complexity index is 7450. The van der Waals surface area contributed by atoms with Gasteiger partial charge in [0.15, 0.2) is 0 Å². The van der Waals surface area contributed by atoms with Crippen molar-refractivity contribution < 1.29 is 76.5 Å². The third-order valence-electron chi connectivity index (χ3n) is 25.5. The summed E-state index contributed by atoms with van der Waals surface area (Å²) in [4.78, 5) is 171. The van der Waals surface area contributed by atoms with Crippen molar-refractivity contribution in [1.82, 2.24) is 112 Å². The molecule has 14 heterocycles. The molecule has 21 rings (SSSR count). The summed E-state index contributed by atoms with van der Waals surface area (Å²) in [5.74, 6) is 23.3. The van der Waals surface area contributed by atoms with Crippen molar-refractivity contribution in [2.24, 2.45) is 5.92 Å². The second-order valence-electron chi connectivity index (χ2n) is 35.3. The predicted molar refractivity (Wildman–Crippen MR) is 508 cm³/mol. The Hall–Kier alpha value is -17.8. The summed E-state index contributed by atoms with van der Waals surface area (Å²) >= 11 is 0. The third kappa shape index (κ3) is 19.0. The van der Waals surface area contributed by atoms with Gasteiger partial charge in [0.2, 0.25) is 22.2 Å². The zero-order valence-corrected chi connectivity index (χ0v) is 77.1. The smallest absolute Gasteiger partial charge is 0.323 e. The fourth-order valence-corrected chi connectivity index (χ4v) is 18.0. The minimum Gasteiger partial charge on any atom is -0.497 e. The van der Waals surface area contributed by atoms with Crippen LogP contribution < -0.4 is 61.5 Å². The number of aryl methyl sites for hydroxylation is 1.